The predicted molar refractivity (Wildman–Crippen MR) is 89.4 cm³/mol. The van der Waals surface area contributed by atoms with Crippen LogP contribution in [-0.4, -0.2) is 29.7 Å². The van der Waals surface area contributed by atoms with Crippen molar-refractivity contribution in [2.45, 2.75) is 17.8 Å². The van der Waals surface area contributed by atoms with E-state index >= 15 is 0 Å². The molecule has 9 heteroatoms. The van der Waals surface area contributed by atoms with Crippen LogP contribution in [0.3, 0.4) is 0 Å². The van der Waals surface area contributed by atoms with Gasteiger partial charge in [-0.05, 0) is 12.5 Å². The van der Waals surface area contributed by atoms with Gasteiger partial charge in [-0.15, -0.1) is 10.2 Å². The zero-order valence-corrected chi connectivity index (χ0v) is 13.6. The number of nitrogens with zero attached hydrogens (tertiary/aromatic N) is 6. The number of nitrogens with two attached hydrogens (primary N) is 2. The van der Waals surface area contributed by atoms with Crippen molar-refractivity contribution in [2.75, 3.05) is 11.5 Å². The lowest BCUT2D eigenvalue weighted by Gasteiger charge is -2.06. The number of thioether (sulfide) groups is 1. The van der Waals surface area contributed by atoms with Crippen LogP contribution >= 0.6 is 11.8 Å². The number of aryl methyl sites for hydroxylation is 1. The Bertz CT molecular complexity index is 824. The highest BCUT2D eigenvalue weighted by molar-refractivity contribution is 7.98. The molecule has 3 aromatic rings. The molecule has 2 heterocycles. The number of rotatable bonds is 4. The number of aromatic nitrogens is 6. The molecule has 0 radical (unpaired) electrons. The average molecular weight is 328 g/mol. The molecule has 0 aliphatic rings. The van der Waals surface area contributed by atoms with Crippen molar-refractivity contribution < 1.29 is 0 Å². The second-order valence-electron chi connectivity index (χ2n) is 4.94. The minimum Gasteiger partial charge on any atom is -0.368 e. The van der Waals surface area contributed by atoms with Gasteiger partial charge in [0.15, 0.2) is 11.0 Å². The van der Waals surface area contributed by atoms with Crippen molar-refractivity contribution in [3.63, 3.8) is 0 Å². The number of hydrogen-bond acceptors (Lipinski definition) is 8. The molecule has 0 atom stereocenters. The Hall–Kier alpha value is -2.68. The molecule has 0 unspecified atom stereocenters. The molecule has 0 spiro atoms. The van der Waals surface area contributed by atoms with E-state index in [2.05, 4.69) is 25.1 Å². The van der Waals surface area contributed by atoms with Gasteiger partial charge in [0, 0.05) is 12.6 Å². The van der Waals surface area contributed by atoms with Gasteiger partial charge in [-0.25, -0.2) is 0 Å². The average Bonchev–Trinajstić information content (AvgIpc) is 2.86. The summed E-state index contributed by atoms with van der Waals surface area (Å²) in [5.74, 6) is 2.05. The molecule has 23 heavy (non-hydrogen) atoms. The van der Waals surface area contributed by atoms with Gasteiger partial charge in [-0.2, -0.15) is 15.0 Å². The summed E-state index contributed by atoms with van der Waals surface area (Å²) < 4.78 is 1.95. The molecule has 2 aromatic heterocycles. The van der Waals surface area contributed by atoms with Crippen molar-refractivity contribution >= 4 is 23.7 Å². The first kappa shape index (κ1) is 15.2. The third kappa shape index (κ3) is 3.24. The Morgan fingerprint density at radius 3 is 2.43 bits per heavy atom. The summed E-state index contributed by atoms with van der Waals surface area (Å²) in [5, 5.41) is 9.28. The van der Waals surface area contributed by atoms with Crippen LogP contribution in [0.15, 0.2) is 29.4 Å². The van der Waals surface area contributed by atoms with E-state index in [1.165, 1.54) is 11.8 Å². The molecule has 1 aromatic carbocycles. The summed E-state index contributed by atoms with van der Waals surface area (Å²) in [4.78, 5) is 11.9. The Morgan fingerprint density at radius 1 is 1.04 bits per heavy atom. The zero-order valence-electron chi connectivity index (χ0n) is 12.8. The normalized spacial score (nSPS) is 10.9. The highest BCUT2D eigenvalue weighted by atomic mass is 32.2. The van der Waals surface area contributed by atoms with E-state index in [9.17, 15) is 0 Å². The van der Waals surface area contributed by atoms with Crippen LogP contribution < -0.4 is 11.5 Å². The fourth-order valence-electron chi connectivity index (χ4n) is 2.15. The van der Waals surface area contributed by atoms with E-state index in [1.807, 2.05) is 42.8 Å². The molecule has 4 N–H and O–H groups in total. The molecule has 0 aliphatic heterocycles. The molecule has 0 fully saturated rings. The lowest BCUT2D eigenvalue weighted by molar-refractivity contribution is 0.792. The van der Waals surface area contributed by atoms with Gasteiger partial charge in [-0.1, -0.05) is 36.0 Å². The van der Waals surface area contributed by atoms with E-state index in [1.54, 1.807) is 0 Å². The Kier molecular flexibility index (Phi) is 4.11. The van der Waals surface area contributed by atoms with Gasteiger partial charge in [0.1, 0.15) is 5.82 Å². The van der Waals surface area contributed by atoms with Crippen LogP contribution in [0.5, 0.6) is 0 Å². The van der Waals surface area contributed by atoms with E-state index in [4.69, 9.17) is 11.5 Å². The standard InChI is InChI=1S/C14H16N8S/c1-8-5-3-4-6-9(8)11-20-21-14(22(11)2)23-7-10-17-12(15)19-13(16)18-10/h3-6H,7H2,1-2H3,(H4,15,16,17,18,19). The van der Waals surface area contributed by atoms with Gasteiger partial charge in [0.2, 0.25) is 11.9 Å². The van der Waals surface area contributed by atoms with Crippen LogP contribution in [0, 0.1) is 6.92 Å². The molecule has 0 saturated carbocycles. The van der Waals surface area contributed by atoms with Gasteiger partial charge in [-0.3, -0.25) is 0 Å². The number of anilines is 2. The zero-order chi connectivity index (χ0) is 16.4. The van der Waals surface area contributed by atoms with Gasteiger partial charge in [0.05, 0.1) is 5.75 Å². The van der Waals surface area contributed by atoms with Gasteiger partial charge >= 0.3 is 0 Å². The first-order valence-electron chi connectivity index (χ1n) is 6.88. The topological polar surface area (TPSA) is 121 Å². The van der Waals surface area contributed by atoms with E-state index < -0.39 is 0 Å². The second-order valence-corrected chi connectivity index (χ2v) is 5.88. The molecule has 3 rings (SSSR count). The second kappa shape index (κ2) is 6.21. The number of hydrogen-bond donors (Lipinski definition) is 2. The van der Waals surface area contributed by atoms with Crippen molar-refractivity contribution in [3.05, 3.63) is 35.7 Å². The molecular formula is C14H16N8S. The van der Waals surface area contributed by atoms with Crippen LogP contribution in [0.25, 0.3) is 11.4 Å². The molecule has 0 bridgehead atoms. The third-order valence-corrected chi connectivity index (χ3v) is 4.28. The number of benzene rings is 1. The molecule has 0 saturated heterocycles. The molecule has 0 amide bonds. The molecule has 118 valence electrons. The minimum absolute atomic E-state index is 0.117. The first-order valence-corrected chi connectivity index (χ1v) is 7.87. The summed E-state index contributed by atoms with van der Waals surface area (Å²) in [6.07, 6.45) is 0. The Labute approximate surface area is 137 Å². The quantitative estimate of drug-likeness (QED) is 0.690. The van der Waals surface area contributed by atoms with Crippen LogP contribution in [-0.2, 0) is 12.8 Å². The lowest BCUT2D eigenvalue weighted by atomic mass is 10.1. The van der Waals surface area contributed by atoms with Gasteiger partial charge in [0.25, 0.3) is 0 Å². The van der Waals surface area contributed by atoms with Crippen LogP contribution in [0.1, 0.15) is 11.4 Å². The summed E-state index contributed by atoms with van der Waals surface area (Å²) in [6, 6.07) is 8.06. The summed E-state index contributed by atoms with van der Waals surface area (Å²) in [7, 11) is 1.93. The summed E-state index contributed by atoms with van der Waals surface area (Å²) in [5.41, 5.74) is 13.3. The molecular weight excluding hydrogens is 312 g/mol. The van der Waals surface area contributed by atoms with Crippen molar-refractivity contribution in [1.29, 1.82) is 0 Å². The summed E-state index contributed by atoms with van der Waals surface area (Å²) >= 11 is 1.46. The van der Waals surface area contributed by atoms with E-state index in [-0.39, 0.29) is 11.9 Å². The maximum Gasteiger partial charge on any atom is 0.225 e. The first-order chi connectivity index (χ1) is 11.0. The molecule has 0 aliphatic carbocycles. The minimum atomic E-state index is 0.117. The fourth-order valence-corrected chi connectivity index (χ4v) is 2.92. The van der Waals surface area contributed by atoms with Crippen molar-refractivity contribution in [1.82, 2.24) is 29.7 Å². The number of nitrogen functional groups attached to an aromatic ring is 2. The smallest absolute Gasteiger partial charge is 0.225 e. The van der Waals surface area contributed by atoms with Crippen molar-refractivity contribution in [3.8, 4) is 11.4 Å². The van der Waals surface area contributed by atoms with Crippen LogP contribution in [0.4, 0.5) is 11.9 Å². The maximum atomic E-state index is 5.57. The van der Waals surface area contributed by atoms with Gasteiger partial charge < -0.3 is 16.0 Å². The summed E-state index contributed by atoms with van der Waals surface area (Å²) in [6.45, 7) is 2.05. The maximum absolute atomic E-state index is 5.57. The molecule has 8 nitrogen and oxygen atoms in total. The highest BCUT2D eigenvalue weighted by Gasteiger charge is 2.13. The Morgan fingerprint density at radius 2 is 1.74 bits per heavy atom. The van der Waals surface area contributed by atoms with E-state index in [0.717, 1.165) is 22.1 Å². The van der Waals surface area contributed by atoms with Crippen LogP contribution in [0.2, 0.25) is 0 Å². The highest BCUT2D eigenvalue weighted by Crippen LogP contribution is 2.26. The monoisotopic (exact) mass is 328 g/mol. The largest absolute Gasteiger partial charge is 0.368 e. The predicted octanol–water partition coefficient (Wildman–Crippen LogP) is 1.43. The third-order valence-electron chi connectivity index (χ3n) is 3.27. The van der Waals surface area contributed by atoms with E-state index in [0.29, 0.717) is 11.6 Å². The Balaban J connectivity index is 1.81. The SMILES string of the molecule is Cc1ccccc1-c1nnc(SCc2nc(N)nc(N)n2)n1C. The lowest BCUT2D eigenvalue weighted by Crippen LogP contribution is -2.06. The fraction of sp³-hybridized carbons (Fsp3) is 0.214. The van der Waals surface area contributed by atoms with Crippen molar-refractivity contribution in [2.24, 2.45) is 7.05 Å².